The standard InChI is InChI=1S/C5H4N3O2/c1-4-5(8(9)10)2-6-3-7-4/h2H,1H3. The summed E-state index contributed by atoms with van der Waals surface area (Å²) in [5.41, 5.74) is 0.263. The predicted octanol–water partition coefficient (Wildman–Crippen LogP) is 0.493. The lowest BCUT2D eigenvalue weighted by Gasteiger charge is -1.90. The fraction of sp³-hybridized carbons (Fsp3) is 0.200. The third-order valence-electron chi connectivity index (χ3n) is 1.03. The molecule has 0 saturated heterocycles. The zero-order valence-electron chi connectivity index (χ0n) is 5.24. The summed E-state index contributed by atoms with van der Waals surface area (Å²) in [4.78, 5) is 16.5. The Morgan fingerprint density at radius 2 is 2.50 bits per heavy atom. The van der Waals surface area contributed by atoms with Gasteiger partial charge in [-0.15, -0.1) is 0 Å². The fourth-order valence-corrected chi connectivity index (χ4v) is 0.524. The van der Waals surface area contributed by atoms with E-state index >= 15 is 0 Å². The molecule has 0 aliphatic rings. The fourth-order valence-electron chi connectivity index (χ4n) is 0.524. The first-order valence-corrected chi connectivity index (χ1v) is 2.56. The Morgan fingerprint density at radius 3 is 2.90 bits per heavy atom. The summed E-state index contributed by atoms with van der Waals surface area (Å²) in [7, 11) is 0. The molecule has 51 valence electrons. The number of aromatic nitrogens is 2. The van der Waals surface area contributed by atoms with Crippen molar-refractivity contribution in [1.82, 2.24) is 9.97 Å². The molecule has 1 rings (SSSR count). The number of hydrogen-bond acceptors (Lipinski definition) is 4. The Hall–Kier alpha value is -1.52. The normalized spacial score (nSPS) is 9.30. The number of aryl methyl sites for hydroxylation is 1. The van der Waals surface area contributed by atoms with Gasteiger partial charge in [0, 0.05) is 0 Å². The molecule has 0 unspecified atom stereocenters. The largest absolute Gasteiger partial charge is 0.308 e. The minimum atomic E-state index is -0.525. The van der Waals surface area contributed by atoms with Crippen LogP contribution in [0.4, 0.5) is 5.69 Å². The van der Waals surface area contributed by atoms with Crippen LogP contribution in [0.2, 0.25) is 0 Å². The van der Waals surface area contributed by atoms with Gasteiger partial charge in [0.1, 0.15) is 11.9 Å². The van der Waals surface area contributed by atoms with Crippen LogP contribution in [0.1, 0.15) is 5.69 Å². The second-order valence-corrected chi connectivity index (χ2v) is 1.70. The van der Waals surface area contributed by atoms with Gasteiger partial charge in [0.05, 0.1) is 4.92 Å². The van der Waals surface area contributed by atoms with Crippen LogP contribution in [0.5, 0.6) is 0 Å². The molecular weight excluding hydrogens is 134 g/mol. The highest BCUT2D eigenvalue weighted by Gasteiger charge is 2.09. The number of nitro groups is 1. The van der Waals surface area contributed by atoms with Crippen molar-refractivity contribution < 1.29 is 4.92 Å². The van der Waals surface area contributed by atoms with E-state index in [0.717, 1.165) is 6.20 Å². The number of hydrogen-bond donors (Lipinski definition) is 0. The van der Waals surface area contributed by atoms with Crippen molar-refractivity contribution in [2.75, 3.05) is 0 Å². The lowest BCUT2D eigenvalue weighted by molar-refractivity contribution is -0.386. The summed E-state index contributed by atoms with van der Waals surface area (Å²) in [5.74, 6) is 0. The second-order valence-electron chi connectivity index (χ2n) is 1.70. The van der Waals surface area contributed by atoms with Crippen LogP contribution in [0.25, 0.3) is 0 Å². The molecule has 1 radical (unpaired) electrons. The summed E-state index contributed by atoms with van der Waals surface area (Å²) in [6.45, 7) is 1.54. The molecule has 5 nitrogen and oxygen atoms in total. The topological polar surface area (TPSA) is 68.9 Å². The van der Waals surface area contributed by atoms with Gasteiger partial charge in [-0.2, -0.15) is 0 Å². The minimum absolute atomic E-state index is 0.0706. The van der Waals surface area contributed by atoms with Crippen LogP contribution >= 0.6 is 0 Å². The van der Waals surface area contributed by atoms with Gasteiger partial charge in [-0.05, 0) is 6.92 Å². The van der Waals surface area contributed by atoms with Gasteiger partial charge < -0.3 is 0 Å². The van der Waals surface area contributed by atoms with Gasteiger partial charge in [-0.25, -0.2) is 9.97 Å². The molecule has 0 spiro atoms. The molecule has 0 N–H and O–H groups in total. The first-order valence-electron chi connectivity index (χ1n) is 2.56. The number of nitrogens with zero attached hydrogens (tertiary/aromatic N) is 3. The summed E-state index contributed by atoms with van der Waals surface area (Å²) in [5, 5.41) is 10.1. The Balaban J connectivity index is 3.15. The Morgan fingerprint density at radius 1 is 1.80 bits per heavy atom. The van der Waals surface area contributed by atoms with Crippen LogP contribution in [-0.4, -0.2) is 14.9 Å². The summed E-state index contributed by atoms with van der Waals surface area (Å²) in [6, 6.07) is 0. The van der Waals surface area contributed by atoms with E-state index in [1.165, 1.54) is 6.92 Å². The van der Waals surface area contributed by atoms with Gasteiger partial charge in [0.2, 0.25) is 0 Å². The quantitative estimate of drug-likeness (QED) is 0.418. The van der Waals surface area contributed by atoms with Gasteiger partial charge in [-0.3, -0.25) is 10.1 Å². The second kappa shape index (κ2) is 2.38. The monoisotopic (exact) mass is 138 g/mol. The van der Waals surface area contributed by atoms with Crippen molar-refractivity contribution in [1.29, 1.82) is 0 Å². The third kappa shape index (κ3) is 1.07. The first-order chi connectivity index (χ1) is 4.72. The van der Waals surface area contributed by atoms with Gasteiger partial charge in [-0.1, -0.05) is 0 Å². The van der Waals surface area contributed by atoms with E-state index in [0.29, 0.717) is 5.69 Å². The van der Waals surface area contributed by atoms with E-state index in [-0.39, 0.29) is 5.69 Å². The number of rotatable bonds is 1. The molecule has 0 amide bonds. The van der Waals surface area contributed by atoms with E-state index in [4.69, 9.17) is 0 Å². The van der Waals surface area contributed by atoms with E-state index in [1.54, 1.807) is 0 Å². The highest BCUT2D eigenvalue weighted by molar-refractivity contribution is 5.29. The smallest absolute Gasteiger partial charge is 0.258 e. The molecule has 0 aliphatic heterocycles. The highest BCUT2D eigenvalue weighted by atomic mass is 16.6. The molecule has 1 aromatic heterocycles. The molecule has 1 aromatic rings. The van der Waals surface area contributed by atoms with Crippen molar-refractivity contribution >= 4 is 5.69 Å². The van der Waals surface area contributed by atoms with Crippen molar-refractivity contribution in [3.05, 3.63) is 28.3 Å². The first kappa shape index (κ1) is 6.60. The van der Waals surface area contributed by atoms with E-state index in [1.807, 2.05) is 0 Å². The summed E-state index contributed by atoms with van der Waals surface area (Å²) in [6.07, 6.45) is 3.38. The molecule has 0 atom stereocenters. The minimum Gasteiger partial charge on any atom is -0.258 e. The molecule has 1 heterocycles. The maximum Gasteiger partial charge on any atom is 0.308 e. The molecule has 0 aromatic carbocycles. The van der Waals surface area contributed by atoms with Crippen LogP contribution in [0.15, 0.2) is 6.20 Å². The van der Waals surface area contributed by atoms with Crippen LogP contribution < -0.4 is 0 Å². The van der Waals surface area contributed by atoms with Gasteiger partial charge >= 0.3 is 5.69 Å². The summed E-state index contributed by atoms with van der Waals surface area (Å²) >= 11 is 0. The lowest BCUT2D eigenvalue weighted by atomic mass is 10.4. The molecule has 0 saturated carbocycles. The van der Waals surface area contributed by atoms with Crippen molar-refractivity contribution in [3.8, 4) is 0 Å². The van der Waals surface area contributed by atoms with Crippen molar-refractivity contribution in [2.45, 2.75) is 6.92 Å². The van der Waals surface area contributed by atoms with Crippen molar-refractivity contribution in [2.24, 2.45) is 0 Å². The molecule has 0 fully saturated rings. The lowest BCUT2D eigenvalue weighted by Crippen LogP contribution is -1.94. The average Bonchev–Trinajstić information content (AvgIpc) is 1.88. The maximum atomic E-state index is 10.1. The maximum absolute atomic E-state index is 10.1. The Labute approximate surface area is 56.9 Å². The molecule has 10 heavy (non-hydrogen) atoms. The zero-order chi connectivity index (χ0) is 7.56. The Bertz CT molecular complexity index is 261. The average molecular weight is 138 g/mol. The molecular formula is C5H4N3O2. The van der Waals surface area contributed by atoms with E-state index < -0.39 is 4.92 Å². The van der Waals surface area contributed by atoms with Crippen molar-refractivity contribution in [3.63, 3.8) is 0 Å². The predicted molar refractivity (Wildman–Crippen MR) is 32.3 cm³/mol. The van der Waals surface area contributed by atoms with Crippen LogP contribution in [0.3, 0.4) is 0 Å². The third-order valence-corrected chi connectivity index (χ3v) is 1.03. The molecule has 0 bridgehead atoms. The molecule has 0 aliphatic carbocycles. The Kier molecular flexibility index (Phi) is 1.57. The van der Waals surface area contributed by atoms with Crippen LogP contribution in [0, 0.1) is 23.4 Å². The van der Waals surface area contributed by atoms with Crippen LogP contribution in [-0.2, 0) is 0 Å². The molecule has 5 heteroatoms. The summed E-state index contributed by atoms with van der Waals surface area (Å²) < 4.78 is 0. The highest BCUT2D eigenvalue weighted by Crippen LogP contribution is 2.10. The SMILES string of the molecule is Cc1n[c]ncc1[N+](=O)[O-]. The zero-order valence-corrected chi connectivity index (χ0v) is 5.24. The van der Waals surface area contributed by atoms with E-state index in [9.17, 15) is 10.1 Å². The van der Waals surface area contributed by atoms with Gasteiger partial charge in [0.25, 0.3) is 0 Å². The van der Waals surface area contributed by atoms with Gasteiger partial charge in [0.15, 0.2) is 6.33 Å². The van der Waals surface area contributed by atoms with E-state index in [2.05, 4.69) is 16.3 Å².